The van der Waals surface area contributed by atoms with E-state index in [1.165, 1.54) is 0 Å². The Kier molecular flexibility index (Phi) is 3.08. The molecular weight excluding hydrogens is 222 g/mol. The Morgan fingerprint density at radius 2 is 2.47 bits per heavy atom. The summed E-state index contributed by atoms with van der Waals surface area (Å²) in [6.07, 6.45) is 1.03. The van der Waals surface area contributed by atoms with Crippen molar-refractivity contribution in [3.63, 3.8) is 0 Å². The molecule has 0 saturated heterocycles. The van der Waals surface area contributed by atoms with Crippen LogP contribution < -0.4 is 11.1 Å². The molecule has 7 heteroatoms. The van der Waals surface area contributed by atoms with Crippen LogP contribution in [0.2, 0.25) is 0 Å². The first kappa shape index (κ1) is 11.2. The van der Waals surface area contributed by atoms with Gasteiger partial charge in [-0.25, -0.2) is 9.31 Å². The maximum atomic E-state index is 10.3. The van der Waals surface area contributed by atoms with Crippen LogP contribution in [0.4, 0.5) is 10.7 Å². The van der Waals surface area contributed by atoms with Crippen LogP contribution in [-0.2, 0) is 4.74 Å². The summed E-state index contributed by atoms with van der Waals surface area (Å²) in [6.45, 7) is 2.56. The number of rotatable bonds is 4. The van der Waals surface area contributed by atoms with Gasteiger partial charge in [0.1, 0.15) is 6.61 Å². The van der Waals surface area contributed by atoms with E-state index in [2.05, 4.69) is 20.1 Å². The van der Waals surface area contributed by atoms with E-state index in [1.807, 2.05) is 25.3 Å². The summed E-state index contributed by atoms with van der Waals surface area (Å²) in [5.74, 6) is 0.493. The lowest BCUT2D eigenvalue weighted by atomic mass is 10.3. The first-order chi connectivity index (χ1) is 8.16. The van der Waals surface area contributed by atoms with Crippen LogP contribution >= 0.6 is 0 Å². The number of anilines is 1. The molecule has 0 fully saturated rings. The van der Waals surface area contributed by atoms with Gasteiger partial charge in [-0.05, 0) is 18.6 Å². The smallest absolute Gasteiger partial charge is 0.404 e. The maximum Gasteiger partial charge on any atom is 0.404 e. The Hall–Kier alpha value is -2.31. The topological polar surface area (TPSA) is 94.5 Å². The zero-order valence-electron chi connectivity index (χ0n) is 9.38. The number of fused-ring (bicyclic) bond motifs is 1. The Bertz CT molecular complexity index is 536. The van der Waals surface area contributed by atoms with Crippen LogP contribution in [0.1, 0.15) is 5.56 Å². The first-order valence-electron chi connectivity index (χ1n) is 5.15. The van der Waals surface area contributed by atoms with Crippen LogP contribution in [0.3, 0.4) is 0 Å². The molecule has 2 rings (SSSR count). The number of nitrogens with zero attached hydrogens (tertiary/aromatic N) is 3. The fourth-order valence-electron chi connectivity index (χ4n) is 1.43. The molecule has 0 bridgehead atoms. The fraction of sp³-hybridized carbons (Fsp3) is 0.300. The Morgan fingerprint density at radius 1 is 1.65 bits per heavy atom. The summed E-state index contributed by atoms with van der Waals surface area (Å²) in [5, 5.41) is 7.15. The van der Waals surface area contributed by atoms with Crippen molar-refractivity contribution in [2.24, 2.45) is 5.73 Å². The van der Waals surface area contributed by atoms with Crippen LogP contribution in [0.25, 0.3) is 5.65 Å². The van der Waals surface area contributed by atoms with E-state index in [9.17, 15) is 4.79 Å². The van der Waals surface area contributed by atoms with Gasteiger partial charge in [0.15, 0.2) is 5.65 Å². The molecule has 0 radical (unpaired) electrons. The number of nitrogens with two attached hydrogens (primary N) is 1. The third-order valence-corrected chi connectivity index (χ3v) is 2.19. The van der Waals surface area contributed by atoms with Gasteiger partial charge in [-0.1, -0.05) is 6.07 Å². The van der Waals surface area contributed by atoms with Crippen molar-refractivity contribution < 1.29 is 9.53 Å². The molecule has 0 aliphatic carbocycles. The molecule has 3 N–H and O–H groups in total. The van der Waals surface area contributed by atoms with Gasteiger partial charge in [0.2, 0.25) is 5.95 Å². The van der Waals surface area contributed by atoms with Crippen LogP contribution in [0, 0.1) is 6.92 Å². The van der Waals surface area contributed by atoms with E-state index in [4.69, 9.17) is 5.73 Å². The van der Waals surface area contributed by atoms with Gasteiger partial charge in [-0.3, -0.25) is 0 Å². The molecule has 0 unspecified atom stereocenters. The van der Waals surface area contributed by atoms with E-state index in [-0.39, 0.29) is 6.61 Å². The second kappa shape index (κ2) is 4.69. The largest absolute Gasteiger partial charge is 0.448 e. The second-order valence-corrected chi connectivity index (χ2v) is 3.49. The Labute approximate surface area is 97.6 Å². The molecule has 0 atom stereocenters. The molecule has 0 saturated carbocycles. The minimum atomic E-state index is -0.786. The fourth-order valence-corrected chi connectivity index (χ4v) is 1.43. The number of aryl methyl sites for hydroxylation is 1. The third-order valence-electron chi connectivity index (χ3n) is 2.19. The average Bonchev–Trinajstić information content (AvgIpc) is 2.69. The van der Waals surface area contributed by atoms with Crippen molar-refractivity contribution in [2.75, 3.05) is 18.5 Å². The van der Waals surface area contributed by atoms with Gasteiger partial charge in [-0.2, -0.15) is 4.98 Å². The molecule has 90 valence electrons. The Morgan fingerprint density at radius 3 is 3.18 bits per heavy atom. The predicted molar refractivity (Wildman–Crippen MR) is 61.7 cm³/mol. The van der Waals surface area contributed by atoms with Gasteiger partial charge in [0, 0.05) is 6.20 Å². The minimum absolute atomic E-state index is 0.184. The van der Waals surface area contributed by atoms with Gasteiger partial charge in [0.05, 0.1) is 6.54 Å². The van der Waals surface area contributed by atoms with Crippen molar-refractivity contribution in [3.05, 3.63) is 23.9 Å². The summed E-state index contributed by atoms with van der Waals surface area (Å²) in [6, 6.07) is 3.86. The van der Waals surface area contributed by atoms with Crippen molar-refractivity contribution in [3.8, 4) is 0 Å². The van der Waals surface area contributed by atoms with Gasteiger partial charge in [-0.15, -0.1) is 5.10 Å². The molecule has 0 aliphatic heterocycles. The quantitative estimate of drug-likeness (QED) is 0.754. The van der Waals surface area contributed by atoms with Crippen LogP contribution in [0.15, 0.2) is 18.3 Å². The first-order valence-corrected chi connectivity index (χ1v) is 5.15. The number of ether oxygens (including phenoxy) is 1. The molecule has 0 spiro atoms. The van der Waals surface area contributed by atoms with Gasteiger partial charge in [0.25, 0.3) is 0 Å². The predicted octanol–water partition coefficient (Wildman–Crippen LogP) is 0.545. The number of hydrogen-bond acceptors (Lipinski definition) is 5. The lowest BCUT2D eigenvalue weighted by Gasteiger charge is -2.00. The molecule has 17 heavy (non-hydrogen) atoms. The van der Waals surface area contributed by atoms with Crippen LogP contribution in [0.5, 0.6) is 0 Å². The summed E-state index contributed by atoms with van der Waals surface area (Å²) in [5.41, 5.74) is 6.67. The molecule has 0 aromatic carbocycles. The summed E-state index contributed by atoms with van der Waals surface area (Å²) < 4.78 is 6.26. The van der Waals surface area contributed by atoms with Gasteiger partial charge >= 0.3 is 6.09 Å². The number of aromatic nitrogens is 3. The number of amides is 1. The van der Waals surface area contributed by atoms with E-state index in [1.54, 1.807) is 4.52 Å². The monoisotopic (exact) mass is 235 g/mol. The van der Waals surface area contributed by atoms with Crippen molar-refractivity contribution >= 4 is 17.7 Å². The summed E-state index contributed by atoms with van der Waals surface area (Å²) in [7, 11) is 0. The number of primary amides is 1. The molecule has 7 nitrogen and oxygen atoms in total. The highest BCUT2D eigenvalue weighted by molar-refractivity contribution is 5.64. The SMILES string of the molecule is Cc1cccn2nc(NCCOC(N)=O)nc12. The second-order valence-electron chi connectivity index (χ2n) is 3.49. The maximum absolute atomic E-state index is 10.3. The summed E-state index contributed by atoms with van der Waals surface area (Å²) >= 11 is 0. The van der Waals surface area contributed by atoms with Crippen LogP contribution in [-0.4, -0.2) is 33.8 Å². The van der Waals surface area contributed by atoms with Gasteiger partial charge < -0.3 is 15.8 Å². The molecule has 2 aromatic rings. The number of pyridine rings is 1. The number of carbonyl (C=O) groups is 1. The number of carbonyl (C=O) groups excluding carboxylic acids is 1. The zero-order chi connectivity index (χ0) is 12.3. The lowest BCUT2D eigenvalue weighted by molar-refractivity contribution is 0.161. The lowest BCUT2D eigenvalue weighted by Crippen LogP contribution is -2.18. The van der Waals surface area contributed by atoms with Crippen molar-refractivity contribution in [1.29, 1.82) is 0 Å². The third kappa shape index (κ3) is 2.63. The highest BCUT2D eigenvalue weighted by atomic mass is 16.5. The zero-order valence-corrected chi connectivity index (χ0v) is 9.38. The Balaban J connectivity index is 2.00. The van der Waals surface area contributed by atoms with Crippen molar-refractivity contribution in [2.45, 2.75) is 6.92 Å². The van der Waals surface area contributed by atoms with Crippen molar-refractivity contribution in [1.82, 2.24) is 14.6 Å². The molecule has 0 aliphatic rings. The standard InChI is InChI=1S/C10H13N5O2/c1-7-3-2-5-15-8(7)13-10(14-15)12-4-6-17-9(11)16/h2-3,5H,4,6H2,1H3,(H2,11,16)(H,12,14). The normalized spacial score (nSPS) is 10.4. The average molecular weight is 235 g/mol. The van der Waals surface area contributed by atoms with E-state index >= 15 is 0 Å². The molecular formula is C10H13N5O2. The molecule has 2 aromatic heterocycles. The number of hydrogen-bond donors (Lipinski definition) is 2. The van der Waals surface area contributed by atoms with E-state index < -0.39 is 6.09 Å². The number of nitrogens with one attached hydrogen (secondary N) is 1. The highest BCUT2D eigenvalue weighted by Gasteiger charge is 2.04. The van der Waals surface area contributed by atoms with E-state index in [0.29, 0.717) is 12.5 Å². The molecule has 1 amide bonds. The van der Waals surface area contributed by atoms with E-state index in [0.717, 1.165) is 11.2 Å². The highest BCUT2D eigenvalue weighted by Crippen LogP contribution is 2.09. The minimum Gasteiger partial charge on any atom is -0.448 e. The summed E-state index contributed by atoms with van der Waals surface area (Å²) in [4.78, 5) is 14.6. The molecule has 2 heterocycles.